The third-order valence-electron chi connectivity index (χ3n) is 5.82. The number of nitrogens with zero attached hydrogens (tertiary/aromatic N) is 4. The molecule has 2 aliphatic rings. The number of hydrogen-bond acceptors (Lipinski definition) is 5. The average Bonchev–Trinajstić information content (AvgIpc) is 3.00. The average molecular weight is 390 g/mol. The lowest BCUT2D eigenvalue weighted by Gasteiger charge is -2.37. The van der Waals surface area contributed by atoms with Crippen LogP contribution < -0.4 is 4.90 Å². The van der Waals surface area contributed by atoms with Crippen LogP contribution in [0.15, 0.2) is 48.3 Å². The maximum absolute atomic E-state index is 13.1. The van der Waals surface area contributed by atoms with Crippen molar-refractivity contribution in [2.75, 3.05) is 37.6 Å². The molecule has 1 aromatic heterocycles. The van der Waals surface area contributed by atoms with E-state index in [9.17, 15) is 9.59 Å². The molecule has 0 bridgehead atoms. The van der Waals surface area contributed by atoms with Gasteiger partial charge in [-0.3, -0.25) is 14.5 Å². The van der Waals surface area contributed by atoms with Crippen LogP contribution in [0.3, 0.4) is 0 Å². The van der Waals surface area contributed by atoms with E-state index >= 15 is 0 Å². The lowest BCUT2D eigenvalue weighted by Crippen LogP contribution is -2.47. The zero-order valence-electron chi connectivity index (χ0n) is 17.2. The highest BCUT2D eigenvalue weighted by Crippen LogP contribution is 2.33. The summed E-state index contributed by atoms with van der Waals surface area (Å²) in [7, 11) is 0. The van der Waals surface area contributed by atoms with E-state index in [4.69, 9.17) is 0 Å². The van der Waals surface area contributed by atoms with Crippen molar-refractivity contribution in [3.8, 4) is 0 Å². The predicted molar refractivity (Wildman–Crippen MR) is 113 cm³/mol. The zero-order chi connectivity index (χ0) is 20.5. The number of benzene rings is 1. The summed E-state index contributed by atoms with van der Waals surface area (Å²) in [6, 6.07) is 11.9. The summed E-state index contributed by atoms with van der Waals surface area (Å²) < 4.78 is 0. The Morgan fingerprint density at radius 1 is 0.897 bits per heavy atom. The summed E-state index contributed by atoms with van der Waals surface area (Å²) in [5, 5.41) is 0. The van der Waals surface area contributed by atoms with Gasteiger partial charge in [-0.25, -0.2) is 4.98 Å². The lowest BCUT2D eigenvalue weighted by atomic mass is 9.99. The molecule has 0 saturated carbocycles. The second-order valence-corrected chi connectivity index (χ2v) is 7.54. The number of pyridine rings is 1. The normalized spacial score (nSPS) is 17.6. The monoisotopic (exact) mass is 390 g/mol. The van der Waals surface area contributed by atoms with Crippen molar-refractivity contribution in [1.82, 2.24) is 14.8 Å². The van der Waals surface area contributed by atoms with Gasteiger partial charge in [0.15, 0.2) is 0 Å². The van der Waals surface area contributed by atoms with Crippen LogP contribution in [0.1, 0.15) is 23.6 Å². The molecule has 150 valence electrons. The molecule has 3 heterocycles. The van der Waals surface area contributed by atoms with Gasteiger partial charge in [-0.2, -0.15) is 0 Å². The first-order valence-corrected chi connectivity index (χ1v) is 10.1. The van der Waals surface area contributed by atoms with E-state index < -0.39 is 0 Å². The SMILES string of the molecule is CCN1C(=O)C(c2ccc(C)c(C)c2)=C(N2CCN(c3ccccn3)CC2)C1=O. The Hall–Kier alpha value is -3.15. The molecule has 0 atom stereocenters. The molecule has 1 saturated heterocycles. The minimum Gasteiger partial charge on any atom is -0.363 e. The number of aromatic nitrogens is 1. The van der Waals surface area contributed by atoms with Crippen molar-refractivity contribution in [3.05, 3.63) is 65.0 Å². The van der Waals surface area contributed by atoms with E-state index in [1.807, 2.05) is 57.2 Å². The highest BCUT2D eigenvalue weighted by atomic mass is 16.2. The first-order chi connectivity index (χ1) is 14.0. The van der Waals surface area contributed by atoms with E-state index in [1.54, 1.807) is 6.20 Å². The van der Waals surface area contributed by atoms with E-state index in [2.05, 4.69) is 14.8 Å². The van der Waals surface area contributed by atoms with Gasteiger partial charge in [0.05, 0.1) is 5.57 Å². The number of piperazine rings is 1. The molecule has 29 heavy (non-hydrogen) atoms. The molecule has 2 amide bonds. The van der Waals surface area contributed by atoms with Crippen LogP contribution in [0, 0.1) is 13.8 Å². The smallest absolute Gasteiger partial charge is 0.277 e. The summed E-state index contributed by atoms with van der Waals surface area (Å²) in [6.07, 6.45) is 1.79. The molecule has 0 spiro atoms. The lowest BCUT2D eigenvalue weighted by molar-refractivity contribution is -0.137. The summed E-state index contributed by atoms with van der Waals surface area (Å²) in [5.41, 5.74) is 4.19. The van der Waals surface area contributed by atoms with Gasteiger partial charge in [0, 0.05) is 38.9 Å². The van der Waals surface area contributed by atoms with E-state index in [1.165, 1.54) is 10.5 Å². The van der Waals surface area contributed by atoms with Gasteiger partial charge < -0.3 is 9.80 Å². The molecule has 0 aliphatic carbocycles. The molecule has 6 heteroatoms. The van der Waals surface area contributed by atoms with Gasteiger partial charge in [-0.05, 0) is 49.6 Å². The summed E-state index contributed by atoms with van der Waals surface area (Å²) >= 11 is 0. The Balaban J connectivity index is 1.66. The number of anilines is 1. The van der Waals surface area contributed by atoms with Gasteiger partial charge in [-0.1, -0.05) is 24.3 Å². The molecule has 0 unspecified atom stereocenters. The van der Waals surface area contributed by atoms with Gasteiger partial charge in [0.25, 0.3) is 11.8 Å². The van der Waals surface area contributed by atoms with Gasteiger partial charge in [0.2, 0.25) is 0 Å². The molecular formula is C23H26N4O2. The second kappa shape index (κ2) is 7.70. The fourth-order valence-electron chi connectivity index (χ4n) is 4.00. The van der Waals surface area contributed by atoms with Crippen molar-refractivity contribution in [2.24, 2.45) is 0 Å². The molecule has 2 aromatic rings. The largest absolute Gasteiger partial charge is 0.363 e. The van der Waals surface area contributed by atoms with E-state index in [0.717, 1.165) is 30.0 Å². The Labute approximate surface area is 171 Å². The fraction of sp³-hybridized carbons (Fsp3) is 0.348. The minimum absolute atomic E-state index is 0.183. The predicted octanol–water partition coefficient (Wildman–Crippen LogP) is 2.62. The molecule has 0 N–H and O–H groups in total. The van der Waals surface area contributed by atoms with Crippen LogP contribution in [-0.2, 0) is 9.59 Å². The molecule has 1 fully saturated rings. The maximum Gasteiger partial charge on any atom is 0.277 e. The van der Waals surface area contributed by atoms with Crippen molar-refractivity contribution in [3.63, 3.8) is 0 Å². The number of likely N-dealkylation sites (N-methyl/N-ethyl adjacent to an activating group) is 1. The minimum atomic E-state index is -0.192. The van der Waals surface area contributed by atoms with Gasteiger partial charge in [0.1, 0.15) is 11.5 Å². The van der Waals surface area contributed by atoms with Crippen LogP contribution in [-0.4, -0.2) is 59.3 Å². The number of imide groups is 1. The van der Waals surface area contributed by atoms with Crippen molar-refractivity contribution < 1.29 is 9.59 Å². The maximum atomic E-state index is 13.1. The van der Waals surface area contributed by atoms with Gasteiger partial charge >= 0.3 is 0 Å². The van der Waals surface area contributed by atoms with Crippen molar-refractivity contribution in [2.45, 2.75) is 20.8 Å². The first kappa shape index (κ1) is 19.2. The summed E-state index contributed by atoms with van der Waals surface area (Å²) in [5.74, 6) is 0.569. The quantitative estimate of drug-likeness (QED) is 0.751. The highest BCUT2D eigenvalue weighted by molar-refractivity contribution is 6.35. The standard InChI is InChI=1S/C23H26N4O2/c1-4-27-22(28)20(18-9-8-16(2)17(3)15-18)21(23(27)29)26-13-11-25(12-14-26)19-7-5-6-10-24-19/h5-10,15H,4,11-14H2,1-3H3. The van der Waals surface area contributed by atoms with Crippen molar-refractivity contribution in [1.29, 1.82) is 0 Å². The van der Waals surface area contributed by atoms with E-state index in [0.29, 0.717) is 30.9 Å². The zero-order valence-corrected chi connectivity index (χ0v) is 17.2. The molecule has 4 rings (SSSR count). The van der Waals surface area contributed by atoms with Gasteiger partial charge in [-0.15, -0.1) is 0 Å². The molecule has 0 radical (unpaired) electrons. The van der Waals surface area contributed by atoms with Crippen LogP contribution in [0.2, 0.25) is 0 Å². The second-order valence-electron chi connectivity index (χ2n) is 7.54. The first-order valence-electron chi connectivity index (χ1n) is 10.1. The highest BCUT2D eigenvalue weighted by Gasteiger charge is 2.41. The molecule has 2 aliphatic heterocycles. The third-order valence-corrected chi connectivity index (χ3v) is 5.82. The Morgan fingerprint density at radius 3 is 2.24 bits per heavy atom. The van der Waals surface area contributed by atoms with Crippen LogP contribution in [0.5, 0.6) is 0 Å². The molecular weight excluding hydrogens is 364 g/mol. The van der Waals surface area contributed by atoms with Crippen LogP contribution >= 0.6 is 0 Å². The Bertz CT molecular complexity index is 976. The van der Waals surface area contributed by atoms with Crippen LogP contribution in [0.25, 0.3) is 5.57 Å². The topological polar surface area (TPSA) is 56.8 Å². The van der Waals surface area contributed by atoms with E-state index in [-0.39, 0.29) is 11.8 Å². The third kappa shape index (κ3) is 3.39. The number of aryl methyl sites for hydroxylation is 2. The molecule has 1 aromatic carbocycles. The fourth-order valence-corrected chi connectivity index (χ4v) is 4.00. The summed E-state index contributed by atoms with van der Waals surface area (Å²) in [4.78, 5) is 36.3. The number of rotatable bonds is 4. The van der Waals surface area contributed by atoms with Crippen molar-refractivity contribution >= 4 is 23.2 Å². The number of hydrogen-bond donors (Lipinski definition) is 0. The Morgan fingerprint density at radius 2 is 1.62 bits per heavy atom. The summed E-state index contributed by atoms with van der Waals surface area (Å²) in [6.45, 7) is 9.17. The molecule has 6 nitrogen and oxygen atoms in total. The van der Waals surface area contributed by atoms with Crippen LogP contribution in [0.4, 0.5) is 5.82 Å². The number of carbonyl (C=O) groups is 2. The number of amides is 2. The Kier molecular flexibility index (Phi) is 5.09. The number of carbonyl (C=O) groups excluding carboxylic acids is 2.